The van der Waals surface area contributed by atoms with E-state index in [1.54, 1.807) is 5.51 Å². The largest absolute Gasteiger partial charge is 0.395 e. The first-order valence-corrected chi connectivity index (χ1v) is 7.93. The third kappa shape index (κ3) is 3.09. The van der Waals surface area contributed by atoms with Crippen molar-refractivity contribution in [1.29, 1.82) is 0 Å². The molecule has 0 atom stereocenters. The van der Waals surface area contributed by atoms with Crippen LogP contribution in [0.4, 0.5) is 11.4 Å². The third-order valence-corrected chi connectivity index (χ3v) is 4.11. The van der Waals surface area contributed by atoms with Crippen molar-refractivity contribution in [2.24, 2.45) is 5.14 Å². The minimum Gasteiger partial charge on any atom is -0.395 e. The molecule has 0 aliphatic carbocycles. The molecule has 0 aliphatic heterocycles. The van der Waals surface area contributed by atoms with Gasteiger partial charge < -0.3 is 11.1 Å². The molecule has 18 heavy (non-hydrogen) atoms. The van der Waals surface area contributed by atoms with Crippen molar-refractivity contribution in [3.63, 3.8) is 0 Å². The summed E-state index contributed by atoms with van der Waals surface area (Å²) in [6.45, 7) is 0.496. The summed E-state index contributed by atoms with van der Waals surface area (Å²) in [4.78, 5) is 4.18. The molecule has 2 aromatic rings. The van der Waals surface area contributed by atoms with Crippen LogP contribution in [0.3, 0.4) is 0 Å². The normalized spacial score (nSPS) is 11.8. The number of hydrogen-bond acceptors (Lipinski definition) is 6. The average Bonchev–Trinajstić information content (AvgIpc) is 2.74. The van der Waals surface area contributed by atoms with Crippen molar-refractivity contribution in [3.05, 3.63) is 17.6 Å². The van der Waals surface area contributed by atoms with Gasteiger partial charge in [0.15, 0.2) is 0 Å². The number of nitrogens with zero attached hydrogens (tertiary/aromatic N) is 1. The number of primary sulfonamides is 1. The number of benzene rings is 1. The highest BCUT2D eigenvalue weighted by Crippen LogP contribution is 2.29. The molecule has 1 aromatic heterocycles. The van der Waals surface area contributed by atoms with Gasteiger partial charge in [0.2, 0.25) is 10.0 Å². The highest BCUT2D eigenvalue weighted by atomic mass is 32.2. The molecule has 1 heterocycles. The lowest BCUT2D eigenvalue weighted by molar-refractivity contribution is 0.596. The average molecular weight is 286 g/mol. The van der Waals surface area contributed by atoms with Crippen molar-refractivity contribution in [2.75, 3.05) is 23.3 Å². The van der Waals surface area contributed by atoms with E-state index in [4.69, 9.17) is 10.9 Å². The zero-order chi connectivity index (χ0) is 13.2. The second-order valence-electron chi connectivity index (χ2n) is 3.87. The van der Waals surface area contributed by atoms with Gasteiger partial charge in [-0.3, -0.25) is 0 Å². The highest BCUT2D eigenvalue weighted by molar-refractivity contribution is 7.89. The van der Waals surface area contributed by atoms with Crippen LogP contribution in [0.15, 0.2) is 17.6 Å². The number of sulfonamides is 1. The first kappa shape index (κ1) is 13.1. The fraction of sp³-hybridized carbons (Fsp3) is 0.300. The Kier molecular flexibility index (Phi) is 3.69. The molecule has 5 N–H and O–H groups in total. The number of anilines is 2. The highest BCUT2D eigenvalue weighted by Gasteiger charge is 2.07. The molecule has 0 spiro atoms. The van der Waals surface area contributed by atoms with Gasteiger partial charge in [-0.05, 0) is 18.6 Å². The predicted molar refractivity (Wildman–Crippen MR) is 75.1 cm³/mol. The molecule has 98 valence electrons. The number of nitrogens with one attached hydrogen (secondary N) is 1. The summed E-state index contributed by atoms with van der Waals surface area (Å²) in [6.07, 6.45) is 0.438. The van der Waals surface area contributed by atoms with Gasteiger partial charge in [0.1, 0.15) is 5.52 Å². The molecule has 0 saturated carbocycles. The lowest BCUT2D eigenvalue weighted by Gasteiger charge is -2.09. The van der Waals surface area contributed by atoms with Crippen LogP contribution in [0, 0.1) is 0 Å². The first-order valence-electron chi connectivity index (χ1n) is 5.33. The van der Waals surface area contributed by atoms with E-state index in [2.05, 4.69) is 10.3 Å². The molecular weight excluding hydrogens is 272 g/mol. The lowest BCUT2D eigenvalue weighted by atomic mass is 10.2. The second kappa shape index (κ2) is 5.09. The van der Waals surface area contributed by atoms with Gasteiger partial charge in [0, 0.05) is 6.54 Å². The molecule has 0 aliphatic rings. The van der Waals surface area contributed by atoms with E-state index >= 15 is 0 Å². The van der Waals surface area contributed by atoms with Gasteiger partial charge in [-0.15, -0.1) is 11.3 Å². The molecule has 0 unspecified atom stereocenters. The molecule has 0 saturated heterocycles. The van der Waals surface area contributed by atoms with Crippen LogP contribution in [-0.2, 0) is 10.0 Å². The number of rotatable bonds is 5. The van der Waals surface area contributed by atoms with Crippen molar-refractivity contribution < 1.29 is 8.42 Å². The molecular formula is C10H14N4O2S2. The molecule has 0 amide bonds. The van der Waals surface area contributed by atoms with E-state index in [-0.39, 0.29) is 5.75 Å². The Labute approximate surface area is 109 Å². The zero-order valence-electron chi connectivity index (χ0n) is 9.59. The summed E-state index contributed by atoms with van der Waals surface area (Å²) in [5.41, 5.74) is 9.84. The smallest absolute Gasteiger partial charge is 0.209 e. The van der Waals surface area contributed by atoms with Crippen LogP contribution in [0.1, 0.15) is 6.42 Å². The van der Waals surface area contributed by atoms with Gasteiger partial charge >= 0.3 is 0 Å². The molecule has 1 aromatic carbocycles. The molecule has 0 bridgehead atoms. The number of nitrogen functional groups attached to an aromatic ring is 1. The Morgan fingerprint density at radius 2 is 2.17 bits per heavy atom. The van der Waals surface area contributed by atoms with E-state index < -0.39 is 10.0 Å². The fourth-order valence-corrected chi connectivity index (χ4v) is 2.84. The maximum Gasteiger partial charge on any atom is 0.209 e. The number of hydrogen-bond donors (Lipinski definition) is 3. The van der Waals surface area contributed by atoms with E-state index in [0.717, 1.165) is 15.9 Å². The Bertz CT molecular complexity index is 651. The van der Waals surface area contributed by atoms with Crippen molar-refractivity contribution >= 4 is 43.0 Å². The lowest BCUT2D eigenvalue weighted by Crippen LogP contribution is -2.18. The summed E-state index contributed by atoms with van der Waals surface area (Å²) in [7, 11) is -3.40. The Morgan fingerprint density at radius 3 is 2.89 bits per heavy atom. The predicted octanol–water partition coefficient (Wildman–Crippen LogP) is 0.969. The van der Waals surface area contributed by atoms with Gasteiger partial charge in [-0.2, -0.15) is 0 Å². The van der Waals surface area contributed by atoms with Crippen LogP contribution < -0.4 is 16.2 Å². The van der Waals surface area contributed by atoms with Crippen LogP contribution in [0.25, 0.3) is 10.2 Å². The Balaban J connectivity index is 2.01. The van der Waals surface area contributed by atoms with Crippen LogP contribution in [0.2, 0.25) is 0 Å². The third-order valence-electron chi connectivity index (χ3n) is 2.46. The van der Waals surface area contributed by atoms with Crippen LogP contribution in [0.5, 0.6) is 0 Å². The van der Waals surface area contributed by atoms with Crippen molar-refractivity contribution in [2.45, 2.75) is 6.42 Å². The first-order chi connectivity index (χ1) is 8.47. The molecule has 6 nitrogen and oxygen atoms in total. The minimum atomic E-state index is -3.40. The number of thiazole rings is 1. The van der Waals surface area contributed by atoms with Crippen LogP contribution >= 0.6 is 11.3 Å². The van der Waals surface area contributed by atoms with Gasteiger partial charge in [-0.1, -0.05) is 0 Å². The van der Waals surface area contributed by atoms with Gasteiger partial charge in [0.05, 0.1) is 27.3 Å². The van der Waals surface area contributed by atoms with Gasteiger partial charge in [0.25, 0.3) is 0 Å². The van der Waals surface area contributed by atoms with Crippen molar-refractivity contribution in [1.82, 2.24) is 4.98 Å². The van der Waals surface area contributed by atoms with E-state index in [1.807, 2.05) is 12.1 Å². The van der Waals surface area contributed by atoms with Crippen LogP contribution in [-0.4, -0.2) is 25.7 Å². The quantitative estimate of drug-likeness (QED) is 0.560. The van der Waals surface area contributed by atoms with E-state index in [1.165, 1.54) is 11.3 Å². The maximum atomic E-state index is 10.8. The number of nitrogens with two attached hydrogens (primary N) is 2. The minimum absolute atomic E-state index is 0.0428. The van der Waals surface area contributed by atoms with E-state index in [9.17, 15) is 8.42 Å². The Morgan fingerprint density at radius 1 is 1.39 bits per heavy atom. The fourth-order valence-electron chi connectivity index (χ4n) is 1.60. The SMILES string of the molecule is Nc1c(NCCCS(N)(=O)=O)ccc2scnc12. The monoisotopic (exact) mass is 286 g/mol. The number of aromatic nitrogens is 1. The number of fused-ring (bicyclic) bond motifs is 1. The molecule has 2 rings (SSSR count). The maximum absolute atomic E-state index is 10.8. The molecule has 0 radical (unpaired) electrons. The summed E-state index contributed by atoms with van der Waals surface area (Å²) in [5, 5.41) is 8.00. The molecule has 8 heteroatoms. The Hall–Kier alpha value is -1.38. The molecule has 0 fully saturated rings. The summed E-state index contributed by atoms with van der Waals surface area (Å²) in [5.74, 6) is -0.0428. The van der Waals surface area contributed by atoms with E-state index in [0.29, 0.717) is 18.7 Å². The summed E-state index contributed by atoms with van der Waals surface area (Å²) < 4.78 is 22.6. The zero-order valence-corrected chi connectivity index (χ0v) is 11.2. The standard InChI is InChI=1S/C10H14N4O2S2/c11-9-7(13-4-1-5-18(12,15)16)2-3-8-10(9)14-6-17-8/h2-3,6,13H,1,4-5,11H2,(H2,12,15,16). The van der Waals surface area contributed by atoms with Gasteiger partial charge in [-0.25, -0.2) is 18.5 Å². The topological polar surface area (TPSA) is 111 Å². The summed E-state index contributed by atoms with van der Waals surface area (Å²) in [6, 6.07) is 3.80. The van der Waals surface area contributed by atoms with Crippen molar-refractivity contribution in [3.8, 4) is 0 Å². The second-order valence-corrected chi connectivity index (χ2v) is 6.49. The summed E-state index contributed by atoms with van der Waals surface area (Å²) >= 11 is 1.53.